The van der Waals surface area contributed by atoms with E-state index < -0.39 is 12.7 Å². The zero-order valence-corrected chi connectivity index (χ0v) is 11.0. The smallest absolute Gasteiger partial charge is 0.306 e. The van der Waals surface area contributed by atoms with Gasteiger partial charge in [-0.15, -0.1) is 0 Å². The Morgan fingerprint density at radius 3 is 1.94 bits per heavy atom. The van der Waals surface area contributed by atoms with Gasteiger partial charge >= 0.3 is 6.18 Å². The molecule has 0 unspecified atom stereocenters. The quantitative estimate of drug-likeness (QED) is 0.795. The molecule has 0 aliphatic heterocycles. The van der Waals surface area contributed by atoms with Gasteiger partial charge in [-0.25, -0.2) is 0 Å². The predicted molar refractivity (Wildman–Crippen MR) is 63.9 cm³/mol. The summed E-state index contributed by atoms with van der Waals surface area (Å²) >= 11 is 0. The average Bonchev–Trinajstić information content (AvgIpc) is 2.13. The molecular formula is C13H24F3N. The third kappa shape index (κ3) is 6.92. The van der Waals surface area contributed by atoms with Gasteiger partial charge in [0.25, 0.3) is 0 Å². The first-order chi connectivity index (χ1) is 7.66. The lowest BCUT2D eigenvalue weighted by molar-refractivity contribution is -0.126. The van der Waals surface area contributed by atoms with E-state index in [-0.39, 0.29) is 6.04 Å². The zero-order chi connectivity index (χ0) is 13.1. The number of hydrogen-bond donors (Lipinski definition) is 1. The van der Waals surface area contributed by atoms with Crippen molar-refractivity contribution in [2.45, 2.75) is 65.1 Å². The summed E-state index contributed by atoms with van der Waals surface area (Å²) in [4.78, 5) is 0. The van der Waals surface area contributed by atoms with Gasteiger partial charge in [0.2, 0.25) is 0 Å². The van der Waals surface area contributed by atoms with Crippen LogP contribution in [-0.4, -0.2) is 18.8 Å². The van der Waals surface area contributed by atoms with E-state index in [0.717, 1.165) is 25.7 Å². The van der Waals surface area contributed by atoms with Crippen molar-refractivity contribution in [2.24, 2.45) is 11.3 Å². The van der Waals surface area contributed by atoms with Gasteiger partial charge in [0.1, 0.15) is 0 Å². The number of rotatable bonds is 3. The summed E-state index contributed by atoms with van der Waals surface area (Å²) in [6.45, 7) is 5.82. The second-order valence-corrected chi connectivity index (χ2v) is 6.48. The normalized spacial score (nSPS) is 27.2. The highest BCUT2D eigenvalue weighted by molar-refractivity contribution is 4.80. The van der Waals surface area contributed by atoms with Crippen molar-refractivity contribution in [3.05, 3.63) is 0 Å². The van der Waals surface area contributed by atoms with Crippen molar-refractivity contribution in [3.63, 3.8) is 0 Å². The van der Waals surface area contributed by atoms with E-state index in [0.29, 0.717) is 11.3 Å². The molecule has 0 saturated heterocycles. The lowest BCUT2D eigenvalue weighted by Gasteiger charge is -2.33. The average molecular weight is 251 g/mol. The maximum Gasteiger partial charge on any atom is 0.401 e. The minimum atomic E-state index is -4.08. The van der Waals surface area contributed by atoms with Crippen LogP contribution in [-0.2, 0) is 0 Å². The molecule has 1 nitrogen and oxygen atoms in total. The number of hydrogen-bond acceptors (Lipinski definition) is 1. The topological polar surface area (TPSA) is 12.0 Å². The lowest BCUT2D eigenvalue weighted by atomic mass is 9.76. The van der Waals surface area contributed by atoms with Gasteiger partial charge in [-0.2, -0.15) is 13.2 Å². The number of alkyl halides is 3. The third-order valence-corrected chi connectivity index (χ3v) is 3.34. The van der Waals surface area contributed by atoms with Gasteiger partial charge in [0.05, 0.1) is 6.54 Å². The fraction of sp³-hybridized carbons (Fsp3) is 1.00. The van der Waals surface area contributed by atoms with Gasteiger partial charge in [-0.3, -0.25) is 0 Å². The Kier molecular flexibility index (Phi) is 4.87. The van der Waals surface area contributed by atoms with Crippen LogP contribution in [0.5, 0.6) is 0 Å². The van der Waals surface area contributed by atoms with E-state index in [1.165, 1.54) is 6.42 Å². The van der Waals surface area contributed by atoms with Gasteiger partial charge < -0.3 is 5.32 Å². The summed E-state index contributed by atoms with van der Waals surface area (Å²) in [6.07, 6.45) is 0.995. The van der Waals surface area contributed by atoms with Crippen LogP contribution in [0.3, 0.4) is 0 Å². The largest absolute Gasteiger partial charge is 0.401 e. The molecule has 0 atom stereocenters. The van der Waals surface area contributed by atoms with Crippen LogP contribution >= 0.6 is 0 Å². The lowest BCUT2D eigenvalue weighted by Crippen LogP contribution is -2.39. The second-order valence-electron chi connectivity index (χ2n) is 6.48. The Bertz CT molecular complexity index is 222. The molecule has 1 rings (SSSR count). The maximum atomic E-state index is 12.0. The molecule has 1 saturated carbocycles. The van der Waals surface area contributed by atoms with Crippen molar-refractivity contribution < 1.29 is 13.2 Å². The fourth-order valence-electron chi connectivity index (χ4n) is 2.70. The highest BCUT2D eigenvalue weighted by Gasteiger charge is 2.30. The third-order valence-electron chi connectivity index (χ3n) is 3.34. The first-order valence-corrected chi connectivity index (χ1v) is 6.46. The molecule has 102 valence electrons. The predicted octanol–water partition coefficient (Wildman–Crippen LogP) is 4.13. The maximum absolute atomic E-state index is 12.0. The minimum Gasteiger partial charge on any atom is -0.306 e. The standard InChI is InChI=1S/C13H24F3N/c1-12(2,3)8-10-4-6-11(7-5-10)17-9-13(14,15)16/h10-11,17H,4-9H2,1-3H3. The Hall–Kier alpha value is -0.250. The zero-order valence-electron chi connectivity index (χ0n) is 11.0. The molecule has 1 aliphatic rings. The molecule has 1 N–H and O–H groups in total. The van der Waals surface area contributed by atoms with Crippen LogP contribution in [0.15, 0.2) is 0 Å². The van der Waals surface area contributed by atoms with E-state index in [4.69, 9.17) is 0 Å². The Morgan fingerprint density at radius 1 is 1.00 bits per heavy atom. The molecule has 0 bridgehead atoms. The molecule has 17 heavy (non-hydrogen) atoms. The Morgan fingerprint density at radius 2 is 1.53 bits per heavy atom. The van der Waals surface area contributed by atoms with Gasteiger partial charge in [0.15, 0.2) is 0 Å². The van der Waals surface area contributed by atoms with Crippen molar-refractivity contribution in [3.8, 4) is 0 Å². The van der Waals surface area contributed by atoms with E-state index >= 15 is 0 Å². The molecule has 0 heterocycles. The van der Waals surface area contributed by atoms with Crippen LogP contribution in [0.4, 0.5) is 13.2 Å². The van der Waals surface area contributed by atoms with Gasteiger partial charge in [-0.05, 0) is 43.4 Å². The molecule has 0 aromatic heterocycles. The first kappa shape index (κ1) is 14.8. The van der Waals surface area contributed by atoms with Gasteiger partial charge in [0, 0.05) is 6.04 Å². The Labute approximate surface area is 102 Å². The SMILES string of the molecule is CC(C)(C)CC1CCC(NCC(F)(F)F)CC1. The van der Waals surface area contributed by atoms with Crippen molar-refractivity contribution >= 4 is 0 Å². The van der Waals surface area contributed by atoms with Crippen molar-refractivity contribution in [1.29, 1.82) is 0 Å². The summed E-state index contributed by atoms with van der Waals surface area (Å²) in [5.41, 5.74) is 0.330. The fourth-order valence-corrected chi connectivity index (χ4v) is 2.70. The summed E-state index contributed by atoms with van der Waals surface area (Å²) in [7, 11) is 0. The highest BCUT2D eigenvalue weighted by Crippen LogP contribution is 2.34. The van der Waals surface area contributed by atoms with E-state index in [1.54, 1.807) is 0 Å². The summed E-state index contributed by atoms with van der Waals surface area (Å²) in [5, 5.41) is 2.62. The van der Waals surface area contributed by atoms with Gasteiger partial charge in [-0.1, -0.05) is 20.8 Å². The molecule has 0 amide bonds. The number of halogens is 3. The van der Waals surface area contributed by atoms with E-state index in [2.05, 4.69) is 26.1 Å². The molecule has 1 fully saturated rings. The van der Waals surface area contributed by atoms with Crippen LogP contribution in [0.1, 0.15) is 52.9 Å². The first-order valence-electron chi connectivity index (χ1n) is 6.46. The second kappa shape index (κ2) is 5.59. The van der Waals surface area contributed by atoms with Crippen LogP contribution < -0.4 is 5.32 Å². The van der Waals surface area contributed by atoms with Crippen molar-refractivity contribution in [2.75, 3.05) is 6.54 Å². The van der Waals surface area contributed by atoms with Crippen LogP contribution in [0.2, 0.25) is 0 Å². The molecule has 4 heteroatoms. The molecule has 0 spiro atoms. The summed E-state index contributed by atoms with van der Waals surface area (Å²) in [5.74, 6) is 0.693. The summed E-state index contributed by atoms with van der Waals surface area (Å²) < 4.78 is 36.1. The van der Waals surface area contributed by atoms with E-state index in [9.17, 15) is 13.2 Å². The highest BCUT2D eigenvalue weighted by atomic mass is 19.4. The Balaban J connectivity index is 2.22. The minimum absolute atomic E-state index is 0.0628. The van der Waals surface area contributed by atoms with Crippen LogP contribution in [0.25, 0.3) is 0 Å². The van der Waals surface area contributed by atoms with Crippen LogP contribution in [0, 0.1) is 11.3 Å². The van der Waals surface area contributed by atoms with Crippen molar-refractivity contribution in [1.82, 2.24) is 5.32 Å². The van der Waals surface area contributed by atoms with E-state index in [1.807, 2.05) is 0 Å². The molecule has 0 radical (unpaired) electrons. The molecule has 1 aliphatic carbocycles. The monoisotopic (exact) mass is 251 g/mol. The molecule has 0 aromatic carbocycles. The number of nitrogens with one attached hydrogen (secondary N) is 1. The molecular weight excluding hydrogens is 227 g/mol. The summed E-state index contributed by atoms with van der Waals surface area (Å²) in [6, 6.07) is 0.0628. The molecule has 0 aromatic rings.